The van der Waals surface area contributed by atoms with Gasteiger partial charge in [0.05, 0.1) is 23.2 Å². The molecule has 9 heteroatoms. The van der Waals surface area contributed by atoms with Crippen LogP contribution in [0.2, 0.25) is 0 Å². The third-order valence-electron chi connectivity index (χ3n) is 6.91. The molecule has 0 spiro atoms. The molecule has 4 rings (SSSR count). The average molecular weight is 610 g/mol. The van der Waals surface area contributed by atoms with Gasteiger partial charge in [-0.2, -0.15) is 0 Å². The molecular formula is C31H33BrN2O6. The number of hydrogen-bond donors (Lipinski definition) is 2. The van der Waals surface area contributed by atoms with Crippen LogP contribution in [-0.4, -0.2) is 66.0 Å². The molecule has 0 radical (unpaired) electrons. The molecule has 1 fully saturated rings. The second kappa shape index (κ2) is 12.6. The molecule has 1 saturated heterocycles. The number of hydrogen-bond acceptors (Lipinski definition) is 7. The van der Waals surface area contributed by atoms with Gasteiger partial charge in [0, 0.05) is 12.1 Å². The number of ketones is 1. The lowest BCUT2D eigenvalue weighted by Gasteiger charge is -2.26. The molecule has 210 valence electrons. The monoisotopic (exact) mass is 608 g/mol. The molecule has 0 aliphatic carbocycles. The van der Waals surface area contributed by atoms with Gasteiger partial charge in [-0.1, -0.05) is 24.3 Å². The summed E-state index contributed by atoms with van der Waals surface area (Å²) in [5, 5.41) is 21.7. The van der Waals surface area contributed by atoms with E-state index < -0.39 is 17.7 Å². The summed E-state index contributed by atoms with van der Waals surface area (Å²) >= 11 is 3.34. The van der Waals surface area contributed by atoms with Crippen molar-refractivity contribution in [3.63, 3.8) is 0 Å². The lowest BCUT2D eigenvalue weighted by Crippen LogP contribution is -2.32. The Morgan fingerprint density at radius 1 is 1.07 bits per heavy atom. The molecule has 1 aliphatic heterocycles. The minimum absolute atomic E-state index is 0.0249. The van der Waals surface area contributed by atoms with E-state index in [0.29, 0.717) is 47.5 Å². The van der Waals surface area contributed by atoms with Crippen LogP contribution in [0.5, 0.6) is 17.2 Å². The summed E-state index contributed by atoms with van der Waals surface area (Å²) < 4.78 is 11.6. The highest BCUT2D eigenvalue weighted by molar-refractivity contribution is 9.10. The van der Waals surface area contributed by atoms with Crippen LogP contribution in [0.1, 0.15) is 34.7 Å². The van der Waals surface area contributed by atoms with Crippen LogP contribution in [0.4, 0.5) is 0 Å². The fourth-order valence-corrected chi connectivity index (χ4v) is 5.18. The molecule has 40 heavy (non-hydrogen) atoms. The van der Waals surface area contributed by atoms with E-state index >= 15 is 0 Å². The minimum atomic E-state index is -0.870. The van der Waals surface area contributed by atoms with Crippen LogP contribution in [0.15, 0.2) is 70.7 Å². The molecular weight excluding hydrogens is 576 g/mol. The van der Waals surface area contributed by atoms with Crippen molar-refractivity contribution in [3.05, 3.63) is 93.0 Å². The summed E-state index contributed by atoms with van der Waals surface area (Å²) in [5.74, 6) is -1.06. The van der Waals surface area contributed by atoms with Crippen LogP contribution in [0.25, 0.3) is 5.76 Å². The van der Waals surface area contributed by atoms with Crippen LogP contribution >= 0.6 is 15.9 Å². The van der Waals surface area contributed by atoms with Gasteiger partial charge >= 0.3 is 0 Å². The zero-order chi connectivity index (χ0) is 29.0. The number of aryl methyl sites for hydroxylation is 1. The average Bonchev–Trinajstić information content (AvgIpc) is 3.19. The Morgan fingerprint density at radius 2 is 1.77 bits per heavy atom. The van der Waals surface area contributed by atoms with Gasteiger partial charge in [0.15, 0.2) is 11.5 Å². The van der Waals surface area contributed by atoms with Gasteiger partial charge in [-0.15, -0.1) is 0 Å². The summed E-state index contributed by atoms with van der Waals surface area (Å²) in [4.78, 5) is 30.0. The number of ether oxygens (including phenoxy) is 2. The molecule has 0 saturated carbocycles. The number of methoxy groups -OCH3 is 1. The first-order chi connectivity index (χ1) is 19.1. The second-order valence-electron chi connectivity index (χ2n) is 9.94. The van der Waals surface area contributed by atoms with Crippen molar-refractivity contribution >= 4 is 33.4 Å². The summed E-state index contributed by atoms with van der Waals surface area (Å²) in [5.41, 5.74) is 3.07. The second-order valence-corrected chi connectivity index (χ2v) is 10.8. The summed E-state index contributed by atoms with van der Waals surface area (Å²) in [7, 11) is 5.28. The van der Waals surface area contributed by atoms with Crippen molar-refractivity contribution in [3.8, 4) is 17.2 Å². The van der Waals surface area contributed by atoms with E-state index in [2.05, 4.69) is 15.9 Å². The van der Waals surface area contributed by atoms with Gasteiger partial charge in [0.1, 0.15) is 18.1 Å². The van der Waals surface area contributed by atoms with E-state index in [1.807, 2.05) is 50.2 Å². The molecule has 1 heterocycles. The number of carbonyl (C=O) groups excluding carboxylic acids is 2. The highest BCUT2D eigenvalue weighted by Crippen LogP contribution is 2.44. The zero-order valence-corrected chi connectivity index (χ0v) is 24.6. The highest BCUT2D eigenvalue weighted by atomic mass is 79.9. The number of likely N-dealkylation sites (tertiary alicyclic amines) is 1. The number of halogens is 1. The van der Waals surface area contributed by atoms with Crippen molar-refractivity contribution in [2.75, 3.05) is 34.3 Å². The number of phenolic OH excluding ortho intramolecular Hbond substituents is 1. The lowest BCUT2D eigenvalue weighted by molar-refractivity contribution is -0.139. The van der Waals surface area contributed by atoms with Crippen LogP contribution in [0.3, 0.4) is 0 Å². The number of amides is 1. The molecule has 3 aromatic rings. The molecule has 0 aromatic heterocycles. The molecule has 1 unspecified atom stereocenters. The number of benzene rings is 3. The fraction of sp³-hybridized carbons (Fsp3) is 0.290. The summed E-state index contributed by atoms with van der Waals surface area (Å²) in [6.07, 6.45) is 0.625. The number of rotatable bonds is 10. The van der Waals surface area contributed by atoms with Crippen molar-refractivity contribution in [1.82, 2.24) is 9.80 Å². The Kier molecular flexibility index (Phi) is 9.17. The van der Waals surface area contributed by atoms with E-state index in [1.165, 1.54) is 12.0 Å². The Labute approximate surface area is 242 Å². The van der Waals surface area contributed by atoms with Gasteiger partial charge in [-0.25, -0.2) is 0 Å². The maximum absolute atomic E-state index is 13.3. The van der Waals surface area contributed by atoms with E-state index in [0.717, 1.165) is 11.1 Å². The van der Waals surface area contributed by atoms with Gasteiger partial charge in [0.25, 0.3) is 11.7 Å². The number of Topliss-reactive ketones (excluding diaryl/α,β-unsaturated/α-hetero) is 1. The van der Waals surface area contributed by atoms with E-state index in [9.17, 15) is 19.8 Å². The maximum atomic E-state index is 13.3. The Bertz CT molecular complexity index is 1430. The predicted molar refractivity (Wildman–Crippen MR) is 156 cm³/mol. The summed E-state index contributed by atoms with van der Waals surface area (Å²) in [6, 6.07) is 17.0. The Hall–Kier alpha value is -3.82. The predicted octanol–water partition coefficient (Wildman–Crippen LogP) is 5.42. The third-order valence-corrected chi connectivity index (χ3v) is 7.52. The molecule has 1 amide bonds. The molecule has 0 bridgehead atoms. The van der Waals surface area contributed by atoms with Crippen LogP contribution < -0.4 is 9.47 Å². The Morgan fingerprint density at radius 3 is 2.42 bits per heavy atom. The normalized spacial score (nSPS) is 16.6. The van der Waals surface area contributed by atoms with Crippen molar-refractivity contribution < 1.29 is 29.3 Å². The van der Waals surface area contributed by atoms with Gasteiger partial charge in [0.2, 0.25) is 0 Å². The topological polar surface area (TPSA) is 99.5 Å². The Balaban J connectivity index is 1.70. The lowest BCUT2D eigenvalue weighted by atomic mass is 9.95. The zero-order valence-electron chi connectivity index (χ0n) is 23.0. The highest BCUT2D eigenvalue weighted by Gasteiger charge is 2.46. The molecule has 1 atom stereocenters. The standard InChI is InChI=1S/C31H33BrN2O6/c1-19-8-5-6-9-21(19)18-40-23-12-10-20(11-13-23)28(35)26-27(22-16-24(32)29(36)25(17-22)39-4)34(31(38)30(26)37)15-7-14-33(2)3/h5-6,8-13,16-17,27,35-36H,7,14-15,18H2,1-4H3. The SMILES string of the molecule is COc1cc(C2C(=C(O)c3ccc(OCc4ccccc4C)cc3)C(=O)C(=O)N2CCCN(C)C)cc(Br)c1O. The number of nitrogens with zero attached hydrogens (tertiary/aromatic N) is 2. The van der Waals surface area contributed by atoms with Gasteiger partial charge in [-0.05, 0) is 103 Å². The van der Waals surface area contributed by atoms with Crippen molar-refractivity contribution in [2.45, 2.75) is 26.0 Å². The number of aromatic hydroxyl groups is 1. The quantitative estimate of drug-likeness (QED) is 0.180. The molecule has 8 nitrogen and oxygen atoms in total. The van der Waals surface area contributed by atoms with Crippen LogP contribution in [-0.2, 0) is 16.2 Å². The number of carbonyl (C=O) groups is 2. The van der Waals surface area contributed by atoms with E-state index in [-0.39, 0.29) is 22.8 Å². The number of aliphatic hydroxyl groups excluding tert-OH is 1. The first-order valence-corrected chi connectivity index (χ1v) is 13.7. The number of aliphatic hydroxyl groups is 1. The van der Waals surface area contributed by atoms with E-state index in [1.54, 1.807) is 36.4 Å². The van der Waals surface area contributed by atoms with Crippen molar-refractivity contribution in [2.24, 2.45) is 0 Å². The van der Waals surface area contributed by atoms with Crippen LogP contribution in [0, 0.1) is 6.92 Å². The first kappa shape index (κ1) is 29.2. The first-order valence-electron chi connectivity index (χ1n) is 12.9. The fourth-order valence-electron chi connectivity index (χ4n) is 4.72. The third kappa shape index (κ3) is 6.16. The molecule has 3 aromatic carbocycles. The maximum Gasteiger partial charge on any atom is 0.295 e. The minimum Gasteiger partial charge on any atom is -0.507 e. The van der Waals surface area contributed by atoms with E-state index in [4.69, 9.17) is 9.47 Å². The largest absolute Gasteiger partial charge is 0.507 e. The van der Waals surface area contributed by atoms with Crippen molar-refractivity contribution in [1.29, 1.82) is 0 Å². The number of phenols is 1. The smallest absolute Gasteiger partial charge is 0.295 e. The van der Waals surface area contributed by atoms with Gasteiger partial charge in [-0.3, -0.25) is 9.59 Å². The molecule has 2 N–H and O–H groups in total. The molecule has 1 aliphatic rings. The van der Waals surface area contributed by atoms with Gasteiger partial charge < -0.3 is 29.5 Å². The summed E-state index contributed by atoms with van der Waals surface area (Å²) in [6.45, 7) is 3.43.